The summed E-state index contributed by atoms with van der Waals surface area (Å²) in [7, 11) is -3.56. The summed E-state index contributed by atoms with van der Waals surface area (Å²) < 4.78 is 29.8. The molecule has 7 heteroatoms. The summed E-state index contributed by atoms with van der Waals surface area (Å²) in [5.41, 5.74) is 4.65. The zero-order valence-electron chi connectivity index (χ0n) is 17.9. The summed E-state index contributed by atoms with van der Waals surface area (Å²) in [4.78, 5) is 15.2. The summed E-state index contributed by atoms with van der Waals surface area (Å²) in [5.74, 6) is -0.241. The molecule has 33 heavy (non-hydrogen) atoms. The molecule has 0 radical (unpaired) electrons. The molecule has 1 aliphatic heterocycles. The standard InChI is InChI=1S/C26H23N3O3S/c30-26(29-18-24-10-6-16-28(24)17-22-9-4-5-11-25(22)29)21-12-14-23(15-13-21)27-33(31,32)19-20-7-2-1-3-8-20/h1-16,27H,17-19H2. The van der Waals surface area contributed by atoms with Crippen LogP contribution in [0.15, 0.2) is 97.2 Å². The van der Waals surface area contributed by atoms with Crippen LogP contribution in [-0.2, 0) is 28.9 Å². The highest BCUT2D eigenvalue weighted by Gasteiger charge is 2.24. The second-order valence-corrected chi connectivity index (χ2v) is 9.79. The summed E-state index contributed by atoms with van der Waals surface area (Å²) in [5, 5.41) is 0. The second kappa shape index (κ2) is 8.60. The van der Waals surface area contributed by atoms with Crippen LogP contribution in [0.2, 0.25) is 0 Å². The number of nitrogens with zero attached hydrogens (tertiary/aromatic N) is 2. The second-order valence-electron chi connectivity index (χ2n) is 8.07. The highest BCUT2D eigenvalue weighted by molar-refractivity contribution is 7.91. The molecule has 1 amide bonds. The maximum Gasteiger partial charge on any atom is 0.258 e. The van der Waals surface area contributed by atoms with Crippen molar-refractivity contribution in [2.24, 2.45) is 0 Å². The molecule has 0 fully saturated rings. The number of nitrogens with one attached hydrogen (secondary N) is 1. The fourth-order valence-corrected chi connectivity index (χ4v) is 5.31. The van der Waals surface area contributed by atoms with E-state index in [4.69, 9.17) is 0 Å². The Kier molecular flexibility index (Phi) is 5.48. The third-order valence-electron chi connectivity index (χ3n) is 5.72. The van der Waals surface area contributed by atoms with Crippen LogP contribution in [0.25, 0.3) is 0 Å². The van der Waals surface area contributed by atoms with E-state index in [1.807, 2.05) is 60.8 Å². The molecule has 0 bridgehead atoms. The lowest BCUT2D eigenvalue weighted by atomic mass is 10.1. The topological polar surface area (TPSA) is 71.4 Å². The molecule has 0 aliphatic carbocycles. The van der Waals surface area contributed by atoms with Gasteiger partial charge in [-0.1, -0.05) is 48.5 Å². The van der Waals surface area contributed by atoms with Gasteiger partial charge in [-0.2, -0.15) is 0 Å². The van der Waals surface area contributed by atoms with Gasteiger partial charge in [0.05, 0.1) is 12.3 Å². The number of carbonyl (C=O) groups is 1. The Morgan fingerprint density at radius 3 is 2.33 bits per heavy atom. The highest BCUT2D eigenvalue weighted by Crippen LogP contribution is 2.29. The smallest absolute Gasteiger partial charge is 0.258 e. The van der Waals surface area contributed by atoms with Gasteiger partial charge in [0.25, 0.3) is 5.91 Å². The van der Waals surface area contributed by atoms with Crippen LogP contribution < -0.4 is 9.62 Å². The molecule has 4 aromatic rings. The number of benzene rings is 3. The molecule has 0 atom stereocenters. The minimum atomic E-state index is -3.56. The quantitative estimate of drug-likeness (QED) is 0.475. The Labute approximate surface area is 193 Å². The molecule has 0 spiro atoms. The molecule has 6 nitrogen and oxygen atoms in total. The molecule has 5 rings (SSSR count). The number of para-hydroxylation sites is 1. The maximum atomic E-state index is 13.5. The first-order valence-corrected chi connectivity index (χ1v) is 12.3. The van der Waals surface area contributed by atoms with Gasteiger partial charge in [0.15, 0.2) is 0 Å². The number of carbonyl (C=O) groups excluding carboxylic acids is 1. The van der Waals surface area contributed by atoms with Gasteiger partial charge < -0.3 is 9.47 Å². The number of rotatable bonds is 5. The van der Waals surface area contributed by atoms with E-state index in [1.165, 1.54) is 0 Å². The zero-order valence-corrected chi connectivity index (χ0v) is 18.7. The van der Waals surface area contributed by atoms with E-state index in [1.54, 1.807) is 41.3 Å². The molecule has 1 aliphatic rings. The Morgan fingerprint density at radius 1 is 0.818 bits per heavy atom. The van der Waals surface area contributed by atoms with Gasteiger partial charge in [-0.3, -0.25) is 9.52 Å². The minimum absolute atomic E-state index is 0.112. The number of hydrogen-bond donors (Lipinski definition) is 1. The van der Waals surface area contributed by atoms with E-state index in [9.17, 15) is 13.2 Å². The molecule has 1 aromatic heterocycles. The normalized spacial score (nSPS) is 13.0. The molecular formula is C26H23N3O3S. The van der Waals surface area contributed by atoms with Gasteiger partial charge in [0, 0.05) is 35.4 Å². The van der Waals surface area contributed by atoms with E-state index in [-0.39, 0.29) is 11.7 Å². The SMILES string of the molecule is O=C(c1ccc(NS(=O)(=O)Cc2ccccc2)cc1)N1Cc2cccn2Cc2ccccc21. The van der Waals surface area contributed by atoms with E-state index in [0.29, 0.717) is 29.9 Å². The number of amides is 1. The van der Waals surface area contributed by atoms with Gasteiger partial charge in [-0.25, -0.2) is 8.42 Å². The van der Waals surface area contributed by atoms with Crippen LogP contribution in [0, 0.1) is 0 Å². The van der Waals surface area contributed by atoms with Crippen LogP contribution in [0.3, 0.4) is 0 Å². The van der Waals surface area contributed by atoms with Crippen molar-refractivity contribution >= 4 is 27.3 Å². The van der Waals surface area contributed by atoms with E-state index in [0.717, 1.165) is 16.9 Å². The van der Waals surface area contributed by atoms with Gasteiger partial charge in [-0.05, 0) is 53.6 Å². The predicted molar refractivity (Wildman–Crippen MR) is 130 cm³/mol. The van der Waals surface area contributed by atoms with Crippen molar-refractivity contribution in [3.63, 3.8) is 0 Å². The van der Waals surface area contributed by atoms with Crippen LogP contribution in [-0.4, -0.2) is 18.9 Å². The van der Waals surface area contributed by atoms with E-state index < -0.39 is 10.0 Å². The van der Waals surface area contributed by atoms with Crippen molar-refractivity contribution < 1.29 is 13.2 Å². The number of anilines is 2. The molecule has 2 heterocycles. The van der Waals surface area contributed by atoms with Gasteiger partial charge >= 0.3 is 0 Å². The Morgan fingerprint density at radius 2 is 1.55 bits per heavy atom. The Hall–Kier alpha value is -3.84. The van der Waals surface area contributed by atoms with Crippen molar-refractivity contribution in [1.29, 1.82) is 0 Å². The third kappa shape index (κ3) is 4.54. The van der Waals surface area contributed by atoms with Crippen molar-refractivity contribution in [3.05, 3.63) is 120 Å². The number of aromatic nitrogens is 1. The Bertz CT molecular complexity index is 1390. The molecule has 3 aromatic carbocycles. The van der Waals surface area contributed by atoms with Crippen LogP contribution >= 0.6 is 0 Å². The lowest BCUT2D eigenvalue weighted by Gasteiger charge is -2.23. The zero-order chi connectivity index (χ0) is 22.8. The fourth-order valence-electron chi connectivity index (χ4n) is 4.11. The van der Waals surface area contributed by atoms with Crippen LogP contribution in [0.4, 0.5) is 11.4 Å². The van der Waals surface area contributed by atoms with Crippen molar-refractivity contribution in [2.45, 2.75) is 18.8 Å². The Balaban J connectivity index is 1.37. The largest absolute Gasteiger partial charge is 0.345 e. The molecule has 0 saturated heterocycles. The van der Waals surface area contributed by atoms with Crippen molar-refractivity contribution in [3.8, 4) is 0 Å². The van der Waals surface area contributed by atoms with E-state index in [2.05, 4.69) is 9.29 Å². The maximum absolute atomic E-state index is 13.5. The minimum Gasteiger partial charge on any atom is -0.345 e. The van der Waals surface area contributed by atoms with E-state index >= 15 is 0 Å². The summed E-state index contributed by atoms with van der Waals surface area (Å²) in [6, 6.07) is 27.5. The molecule has 166 valence electrons. The lowest BCUT2D eigenvalue weighted by molar-refractivity contribution is 0.0985. The number of fused-ring (bicyclic) bond motifs is 2. The number of sulfonamides is 1. The fraction of sp³-hybridized carbons (Fsp3) is 0.115. The van der Waals surface area contributed by atoms with Gasteiger partial charge in [0.2, 0.25) is 10.0 Å². The summed E-state index contributed by atoms with van der Waals surface area (Å²) >= 11 is 0. The lowest BCUT2D eigenvalue weighted by Crippen LogP contribution is -2.30. The monoisotopic (exact) mass is 457 g/mol. The van der Waals surface area contributed by atoms with Gasteiger partial charge in [-0.15, -0.1) is 0 Å². The summed E-state index contributed by atoms with van der Waals surface area (Å²) in [6.07, 6.45) is 2.02. The summed E-state index contributed by atoms with van der Waals surface area (Å²) in [6.45, 7) is 1.18. The average molecular weight is 458 g/mol. The van der Waals surface area contributed by atoms with Gasteiger partial charge in [0.1, 0.15) is 0 Å². The average Bonchev–Trinajstić information content (AvgIpc) is 3.18. The van der Waals surface area contributed by atoms with Crippen molar-refractivity contribution in [1.82, 2.24) is 4.57 Å². The first kappa shape index (κ1) is 21.0. The first-order chi connectivity index (χ1) is 16.0. The molecule has 0 saturated carbocycles. The van der Waals surface area contributed by atoms with Crippen LogP contribution in [0.5, 0.6) is 0 Å². The predicted octanol–water partition coefficient (Wildman–Crippen LogP) is 4.64. The first-order valence-electron chi connectivity index (χ1n) is 10.7. The van der Waals surface area contributed by atoms with Crippen LogP contribution in [0.1, 0.15) is 27.2 Å². The molecule has 0 unspecified atom stereocenters. The molecular weight excluding hydrogens is 434 g/mol. The molecule has 1 N–H and O–H groups in total. The third-order valence-corrected chi connectivity index (χ3v) is 6.98. The number of hydrogen-bond acceptors (Lipinski definition) is 3. The van der Waals surface area contributed by atoms with Crippen molar-refractivity contribution in [2.75, 3.05) is 9.62 Å². The highest BCUT2D eigenvalue weighted by atomic mass is 32.2.